The van der Waals surface area contributed by atoms with Crippen molar-refractivity contribution in [1.29, 1.82) is 0 Å². The Kier molecular flexibility index (Phi) is 7.25. The van der Waals surface area contributed by atoms with Crippen molar-refractivity contribution in [2.24, 2.45) is 0 Å². The monoisotopic (exact) mass is 443 g/mol. The number of fused-ring (bicyclic) bond motifs is 1. The number of likely N-dealkylation sites (tertiary alicyclic amines) is 1. The third-order valence-electron chi connectivity index (χ3n) is 6.40. The molecule has 0 aliphatic carbocycles. The lowest BCUT2D eigenvalue weighted by Crippen LogP contribution is -2.48. The molecule has 7 heteroatoms. The summed E-state index contributed by atoms with van der Waals surface area (Å²) in [5.41, 5.74) is 1.11. The molecule has 2 aliphatic heterocycles. The van der Waals surface area contributed by atoms with Gasteiger partial charge in [-0.05, 0) is 36.3 Å². The minimum Gasteiger partial charge on any atom is -0.379 e. The van der Waals surface area contributed by atoms with Crippen LogP contribution in [0.1, 0.15) is 40.9 Å². The normalized spacial score (nSPS) is 20.6. The summed E-state index contributed by atoms with van der Waals surface area (Å²) >= 11 is 1.58. The molecule has 2 saturated heterocycles. The van der Waals surface area contributed by atoms with Crippen LogP contribution in [0.4, 0.5) is 0 Å². The third kappa shape index (κ3) is 5.10. The van der Waals surface area contributed by atoms with Crippen LogP contribution in [0.15, 0.2) is 24.3 Å². The van der Waals surface area contributed by atoms with E-state index < -0.39 is 0 Å². The fourth-order valence-electron chi connectivity index (χ4n) is 4.67. The largest absolute Gasteiger partial charge is 0.379 e. The second kappa shape index (κ2) is 10.1. The Labute approximate surface area is 188 Å². The van der Waals surface area contributed by atoms with Gasteiger partial charge in [-0.2, -0.15) is 0 Å². The first-order valence-electron chi connectivity index (χ1n) is 11.4. The van der Waals surface area contributed by atoms with Crippen LogP contribution in [0.2, 0.25) is 0 Å². The molecular weight excluding hydrogens is 410 g/mol. The summed E-state index contributed by atoms with van der Waals surface area (Å²) in [5.74, 6) is 0.268. The fraction of sp³-hybridized carbons (Fsp3) is 0.583. The smallest absolute Gasteiger partial charge is 0.263 e. The van der Waals surface area contributed by atoms with Crippen molar-refractivity contribution in [2.75, 3.05) is 53.5 Å². The van der Waals surface area contributed by atoms with Crippen LogP contribution < -0.4 is 0 Å². The van der Waals surface area contributed by atoms with Crippen LogP contribution in [0.3, 0.4) is 0 Å². The van der Waals surface area contributed by atoms with Crippen LogP contribution in [-0.4, -0.2) is 86.0 Å². The molecule has 31 heavy (non-hydrogen) atoms. The van der Waals surface area contributed by atoms with E-state index in [1.807, 2.05) is 12.1 Å². The first-order chi connectivity index (χ1) is 15.0. The molecule has 1 aromatic heterocycles. The molecule has 2 aromatic rings. The summed E-state index contributed by atoms with van der Waals surface area (Å²) in [6.45, 7) is 4.32. The van der Waals surface area contributed by atoms with Crippen molar-refractivity contribution >= 4 is 33.2 Å². The van der Waals surface area contributed by atoms with Crippen LogP contribution in [-0.2, 0) is 16.0 Å². The number of rotatable bonds is 5. The van der Waals surface area contributed by atoms with Crippen LogP contribution in [0.5, 0.6) is 0 Å². The Morgan fingerprint density at radius 2 is 1.87 bits per heavy atom. The molecule has 0 N–H and O–H groups in total. The molecule has 0 bridgehead atoms. The Hall–Kier alpha value is -1.96. The summed E-state index contributed by atoms with van der Waals surface area (Å²) < 4.78 is 6.57. The van der Waals surface area contributed by atoms with E-state index in [0.29, 0.717) is 19.8 Å². The van der Waals surface area contributed by atoms with Gasteiger partial charge >= 0.3 is 0 Å². The molecule has 0 spiro atoms. The molecule has 1 atom stereocenters. The van der Waals surface area contributed by atoms with E-state index in [1.54, 1.807) is 30.3 Å². The van der Waals surface area contributed by atoms with E-state index in [2.05, 4.69) is 21.9 Å². The summed E-state index contributed by atoms with van der Waals surface area (Å²) in [6, 6.07) is 8.41. The molecule has 4 rings (SSSR count). The van der Waals surface area contributed by atoms with Crippen molar-refractivity contribution in [2.45, 2.75) is 38.1 Å². The number of morpholine rings is 1. The molecule has 0 radical (unpaired) electrons. The van der Waals surface area contributed by atoms with Crippen molar-refractivity contribution < 1.29 is 14.3 Å². The molecule has 0 saturated carbocycles. The number of carbonyl (C=O) groups is 2. The number of thiophene rings is 1. The van der Waals surface area contributed by atoms with Crippen molar-refractivity contribution in [3.05, 3.63) is 34.7 Å². The van der Waals surface area contributed by atoms with Gasteiger partial charge in [0.05, 0.1) is 24.6 Å². The highest BCUT2D eigenvalue weighted by atomic mass is 32.1. The molecular formula is C24H33N3O3S. The fourth-order valence-corrected chi connectivity index (χ4v) is 5.93. The average molecular weight is 444 g/mol. The van der Waals surface area contributed by atoms with E-state index in [0.717, 1.165) is 72.3 Å². The highest BCUT2D eigenvalue weighted by Crippen LogP contribution is 2.34. The van der Waals surface area contributed by atoms with E-state index >= 15 is 0 Å². The zero-order valence-electron chi connectivity index (χ0n) is 18.6. The van der Waals surface area contributed by atoms with Crippen molar-refractivity contribution in [3.8, 4) is 0 Å². The molecule has 6 nitrogen and oxygen atoms in total. The average Bonchev–Trinajstić information content (AvgIpc) is 2.96. The molecule has 2 amide bonds. The highest BCUT2D eigenvalue weighted by Gasteiger charge is 2.30. The number of benzene rings is 1. The molecule has 2 fully saturated rings. The highest BCUT2D eigenvalue weighted by molar-refractivity contribution is 7.21. The van der Waals surface area contributed by atoms with Crippen LogP contribution in [0, 0.1) is 0 Å². The first kappa shape index (κ1) is 22.2. The minimum absolute atomic E-state index is 0.0519. The predicted molar refractivity (Wildman–Crippen MR) is 125 cm³/mol. The first-order valence-corrected chi connectivity index (χ1v) is 12.2. The number of hydrogen-bond donors (Lipinski definition) is 0. The summed E-state index contributed by atoms with van der Waals surface area (Å²) in [6.07, 6.45) is 5.08. The van der Waals surface area contributed by atoms with Crippen LogP contribution >= 0.6 is 11.3 Å². The number of nitrogens with zero attached hydrogens (tertiary/aromatic N) is 3. The second-order valence-electron chi connectivity index (χ2n) is 8.79. The summed E-state index contributed by atoms with van der Waals surface area (Å²) in [4.78, 5) is 33.1. The molecule has 2 aliphatic rings. The standard InChI is InChI=1S/C24H33N3O3S/c1-25(2)24(29)23-20(19-9-5-6-10-21(19)31-23)16-18-8-4-3-7-11-27(18)22(28)17-26-12-14-30-15-13-26/h5-6,9-10,18H,3-4,7-8,11-17H2,1-2H3/t18-/m1/s1. The van der Waals surface area contributed by atoms with E-state index in [9.17, 15) is 9.59 Å². The van der Waals surface area contributed by atoms with Crippen LogP contribution in [0.25, 0.3) is 10.1 Å². The topological polar surface area (TPSA) is 53.1 Å². The Morgan fingerprint density at radius 3 is 2.65 bits per heavy atom. The predicted octanol–water partition coefficient (Wildman–Crippen LogP) is 3.25. The van der Waals surface area contributed by atoms with Gasteiger partial charge < -0.3 is 14.5 Å². The second-order valence-corrected chi connectivity index (χ2v) is 9.84. The van der Waals surface area contributed by atoms with E-state index in [1.165, 1.54) is 0 Å². The van der Waals surface area contributed by atoms with E-state index in [4.69, 9.17) is 4.74 Å². The number of carbonyl (C=O) groups excluding carboxylic acids is 2. The third-order valence-corrected chi connectivity index (χ3v) is 7.60. The van der Waals surface area contributed by atoms with Gasteiger partial charge in [-0.3, -0.25) is 14.5 Å². The van der Waals surface area contributed by atoms with Gasteiger partial charge in [0, 0.05) is 44.5 Å². The minimum atomic E-state index is 0.0519. The lowest BCUT2D eigenvalue weighted by Gasteiger charge is -2.34. The van der Waals surface area contributed by atoms with Gasteiger partial charge in [0.25, 0.3) is 5.91 Å². The maximum Gasteiger partial charge on any atom is 0.263 e. The summed E-state index contributed by atoms with van der Waals surface area (Å²) in [7, 11) is 3.61. The van der Waals surface area contributed by atoms with Gasteiger partial charge in [0.1, 0.15) is 0 Å². The van der Waals surface area contributed by atoms with E-state index in [-0.39, 0.29) is 17.9 Å². The number of amides is 2. The lowest BCUT2D eigenvalue weighted by atomic mass is 9.97. The molecule has 3 heterocycles. The molecule has 0 unspecified atom stereocenters. The zero-order chi connectivity index (χ0) is 21.8. The van der Waals surface area contributed by atoms with Gasteiger partial charge in [0.15, 0.2) is 0 Å². The van der Waals surface area contributed by atoms with Crippen molar-refractivity contribution in [1.82, 2.24) is 14.7 Å². The number of ether oxygens (including phenoxy) is 1. The maximum absolute atomic E-state index is 13.3. The number of hydrogen-bond acceptors (Lipinski definition) is 5. The van der Waals surface area contributed by atoms with Gasteiger partial charge in [-0.1, -0.05) is 31.0 Å². The van der Waals surface area contributed by atoms with Crippen molar-refractivity contribution in [3.63, 3.8) is 0 Å². The SMILES string of the molecule is CN(C)C(=O)c1sc2ccccc2c1C[C@H]1CCCCCN1C(=O)CN1CCOCC1. The van der Waals surface area contributed by atoms with Gasteiger partial charge in [-0.15, -0.1) is 11.3 Å². The zero-order valence-corrected chi connectivity index (χ0v) is 19.5. The van der Waals surface area contributed by atoms with Gasteiger partial charge in [0.2, 0.25) is 5.91 Å². The Balaban J connectivity index is 1.60. The molecule has 1 aromatic carbocycles. The van der Waals surface area contributed by atoms with Gasteiger partial charge in [-0.25, -0.2) is 0 Å². The maximum atomic E-state index is 13.3. The summed E-state index contributed by atoms with van der Waals surface area (Å²) in [5, 5.41) is 1.16. The Morgan fingerprint density at radius 1 is 1.10 bits per heavy atom. The quantitative estimate of drug-likeness (QED) is 0.712. The lowest BCUT2D eigenvalue weighted by molar-refractivity contribution is -0.135. The Bertz CT molecular complexity index is 920. The molecule has 168 valence electrons.